The van der Waals surface area contributed by atoms with Crippen LogP contribution in [0, 0.1) is 5.92 Å². The number of hydrogen-bond donors (Lipinski definition) is 2. The molecular formula is C9H20N2O. The topological polar surface area (TPSA) is 55.1 Å². The van der Waals surface area contributed by atoms with Gasteiger partial charge in [0, 0.05) is 0 Å². The average Bonchev–Trinajstić information content (AvgIpc) is 2.05. The van der Waals surface area contributed by atoms with Gasteiger partial charge in [-0.3, -0.25) is 4.79 Å². The molecule has 0 aliphatic rings. The van der Waals surface area contributed by atoms with Crippen molar-refractivity contribution in [2.24, 2.45) is 11.7 Å². The fourth-order valence-corrected chi connectivity index (χ4v) is 1.02. The summed E-state index contributed by atoms with van der Waals surface area (Å²) in [5.74, 6) is 0.382. The molecule has 0 spiro atoms. The van der Waals surface area contributed by atoms with Crippen molar-refractivity contribution in [1.82, 2.24) is 5.32 Å². The van der Waals surface area contributed by atoms with Crippen LogP contribution in [0.25, 0.3) is 0 Å². The first-order valence-electron chi connectivity index (χ1n) is 4.64. The number of carbonyl (C=O) groups excluding carboxylic acids is 1. The molecule has 3 nitrogen and oxygen atoms in total. The van der Waals surface area contributed by atoms with Crippen LogP contribution in [0.4, 0.5) is 0 Å². The van der Waals surface area contributed by atoms with Crippen LogP contribution in [-0.2, 0) is 4.79 Å². The maximum absolute atomic E-state index is 10.6. The van der Waals surface area contributed by atoms with E-state index in [2.05, 4.69) is 19.2 Å². The highest BCUT2D eigenvalue weighted by Gasteiger charge is 2.09. The van der Waals surface area contributed by atoms with E-state index in [4.69, 9.17) is 5.73 Å². The van der Waals surface area contributed by atoms with Gasteiger partial charge in [-0.05, 0) is 19.4 Å². The monoisotopic (exact) mass is 172 g/mol. The number of carbonyl (C=O) groups is 1. The Bertz CT molecular complexity index is 132. The zero-order chi connectivity index (χ0) is 9.56. The Morgan fingerprint density at radius 3 is 2.25 bits per heavy atom. The molecule has 0 saturated heterocycles. The summed E-state index contributed by atoms with van der Waals surface area (Å²) in [4.78, 5) is 10.6. The van der Waals surface area contributed by atoms with Gasteiger partial charge >= 0.3 is 0 Å². The first kappa shape index (κ1) is 11.4. The van der Waals surface area contributed by atoms with Gasteiger partial charge in [-0.1, -0.05) is 26.7 Å². The number of nitrogens with one attached hydrogen (secondary N) is 1. The molecule has 72 valence electrons. The van der Waals surface area contributed by atoms with Gasteiger partial charge in [-0.15, -0.1) is 0 Å². The lowest BCUT2D eigenvalue weighted by Gasteiger charge is -2.15. The summed E-state index contributed by atoms with van der Waals surface area (Å²) in [6.45, 7) is 7.00. The van der Waals surface area contributed by atoms with E-state index in [1.807, 2.05) is 0 Å². The van der Waals surface area contributed by atoms with Crippen molar-refractivity contribution in [3.05, 3.63) is 0 Å². The van der Waals surface area contributed by atoms with Crippen molar-refractivity contribution >= 4 is 5.91 Å². The van der Waals surface area contributed by atoms with Crippen LogP contribution >= 0.6 is 0 Å². The maximum atomic E-state index is 10.6. The van der Waals surface area contributed by atoms with Gasteiger partial charge in [0.1, 0.15) is 0 Å². The van der Waals surface area contributed by atoms with Gasteiger partial charge in [0.05, 0.1) is 6.04 Å². The zero-order valence-corrected chi connectivity index (χ0v) is 8.26. The van der Waals surface area contributed by atoms with Crippen molar-refractivity contribution in [1.29, 1.82) is 0 Å². The Balaban J connectivity index is 3.58. The fourth-order valence-electron chi connectivity index (χ4n) is 1.02. The molecule has 0 aliphatic carbocycles. The van der Waals surface area contributed by atoms with Crippen LogP contribution in [-0.4, -0.2) is 18.5 Å². The molecule has 12 heavy (non-hydrogen) atoms. The molecule has 0 heterocycles. The Hall–Kier alpha value is -0.570. The Labute approximate surface area is 74.7 Å². The highest BCUT2D eigenvalue weighted by molar-refractivity contribution is 5.79. The van der Waals surface area contributed by atoms with Crippen LogP contribution in [0.2, 0.25) is 0 Å². The standard InChI is InChI=1S/C9H20N2O/c1-4-8(5-2)6-11-7(3)9(10)12/h7-8,11H,4-6H2,1-3H3,(H2,10,12). The van der Waals surface area contributed by atoms with Gasteiger partial charge in [0.2, 0.25) is 5.91 Å². The molecule has 0 radical (unpaired) electrons. The molecule has 0 aromatic rings. The summed E-state index contributed by atoms with van der Waals surface area (Å²) < 4.78 is 0. The Morgan fingerprint density at radius 2 is 1.92 bits per heavy atom. The molecule has 0 fully saturated rings. The molecule has 0 aromatic heterocycles. The van der Waals surface area contributed by atoms with Crippen molar-refractivity contribution in [3.63, 3.8) is 0 Å². The second-order valence-electron chi connectivity index (χ2n) is 3.21. The molecule has 0 aliphatic heterocycles. The van der Waals surface area contributed by atoms with E-state index in [0.29, 0.717) is 5.92 Å². The Morgan fingerprint density at radius 1 is 1.42 bits per heavy atom. The van der Waals surface area contributed by atoms with Crippen LogP contribution in [0.1, 0.15) is 33.6 Å². The highest BCUT2D eigenvalue weighted by Crippen LogP contribution is 2.05. The SMILES string of the molecule is CCC(CC)CNC(C)C(N)=O. The minimum Gasteiger partial charge on any atom is -0.368 e. The third-order valence-electron chi connectivity index (χ3n) is 2.29. The van der Waals surface area contributed by atoms with Crippen LogP contribution < -0.4 is 11.1 Å². The molecule has 0 rings (SSSR count). The van der Waals surface area contributed by atoms with Crippen molar-refractivity contribution in [3.8, 4) is 0 Å². The van der Waals surface area contributed by atoms with Crippen LogP contribution in [0.15, 0.2) is 0 Å². The Kier molecular flexibility index (Phi) is 5.72. The normalized spacial score (nSPS) is 13.3. The van der Waals surface area contributed by atoms with Crippen LogP contribution in [0.3, 0.4) is 0 Å². The van der Waals surface area contributed by atoms with Gasteiger partial charge in [-0.25, -0.2) is 0 Å². The smallest absolute Gasteiger partial charge is 0.234 e. The lowest BCUT2D eigenvalue weighted by Crippen LogP contribution is -2.40. The number of nitrogens with two attached hydrogens (primary N) is 1. The molecular weight excluding hydrogens is 152 g/mol. The van der Waals surface area contributed by atoms with Gasteiger partial charge < -0.3 is 11.1 Å². The second-order valence-corrected chi connectivity index (χ2v) is 3.21. The molecule has 3 heteroatoms. The van der Waals surface area contributed by atoms with E-state index in [-0.39, 0.29) is 11.9 Å². The average molecular weight is 172 g/mol. The summed E-state index contributed by atoms with van der Waals surface area (Å²) in [6.07, 6.45) is 2.30. The van der Waals surface area contributed by atoms with Gasteiger partial charge in [0.15, 0.2) is 0 Å². The third kappa shape index (κ3) is 4.34. The molecule has 1 atom stereocenters. The van der Waals surface area contributed by atoms with E-state index in [9.17, 15) is 4.79 Å². The van der Waals surface area contributed by atoms with Crippen molar-refractivity contribution in [2.75, 3.05) is 6.54 Å². The van der Waals surface area contributed by atoms with E-state index < -0.39 is 0 Å². The second kappa shape index (κ2) is 6.00. The summed E-state index contributed by atoms with van der Waals surface area (Å²) >= 11 is 0. The summed E-state index contributed by atoms with van der Waals surface area (Å²) in [7, 11) is 0. The first-order chi connectivity index (χ1) is 5.61. The molecule has 1 amide bonds. The summed E-state index contributed by atoms with van der Waals surface area (Å²) in [5.41, 5.74) is 5.10. The first-order valence-corrected chi connectivity index (χ1v) is 4.64. The zero-order valence-electron chi connectivity index (χ0n) is 8.26. The minimum absolute atomic E-state index is 0.203. The van der Waals surface area contributed by atoms with E-state index in [1.54, 1.807) is 6.92 Å². The van der Waals surface area contributed by atoms with E-state index in [0.717, 1.165) is 19.4 Å². The molecule has 3 N–H and O–H groups in total. The highest BCUT2D eigenvalue weighted by atomic mass is 16.1. The van der Waals surface area contributed by atoms with Crippen molar-refractivity contribution in [2.45, 2.75) is 39.7 Å². The lowest BCUT2D eigenvalue weighted by molar-refractivity contribution is -0.119. The maximum Gasteiger partial charge on any atom is 0.234 e. The molecule has 0 bridgehead atoms. The predicted octanol–water partition coefficient (Wildman–Crippen LogP) is 0.886. The number of rotatable bonds is 6. The lowest BCUT2D eigenvalue weighted by atomic mass is 10.0. The fraction of sp³-hybridized carbons (Fsp3) is 0.889. The number of primary amides is 1. The van der Waals surface area contributed by atoms with Gasteiger partial charge in [0.25, 0.3) is 0 Å². The van der Waals surface area contributed by atoms with Gasteiger partial charge in [-0.2, -0.15) is 0 Å². The van der Waals surface area contributed by atoms with E-state index in [1.165, 1.54) is 0 Å². The van der Waals surface area contributed by atoms with Crippen LogP contribution in [0.5, 0.6) is 0 Å². The predicted molar refractivity (Wildman–Crippen MR) is 50.7 cm³/mol. The largest absolute Gasteiger partial charge is 0.368 e. The summed E-state index contributed by atoms with van der Waals surface area (Å²) in [5, 5.41) is 3.11. The van der Waals surface area contributed by atoms with E-state index >= 15 is 0 Å². The number of amides is 1. The molecule has 0 saturated carbocycles. The minimum atomic E-state index is -0.277. The third-order valence-corrected chi connectivity index (χ3v) is 2.29. The van der Waals surface area contributed by atoms with Crippen molar-refractivity contribution < 1.29 is 4.79 Å². The number of hydrogen-bond acceptors (Lipinski definition) is 2. The summed E-state index contributed by atoms with van der Waals surface area (Å²) in [6, 6.07) is -0.203. The quantitative estimate of drug-likeness (QED) is 0.625. The molecule has 0 aromatic carbocycles. The molecule has 1 unspecified atom stereocenters.